The third kappa shape index (κ3) is 1.16. The summed E-state index contributed by atoms with van der Waals surface area (Å²) in [6.07, 6.45) is 1.53. The molecule has 0 spiro atoms. The fourth-order valence-corrected chi connectivity index (χ4v) is 2.57. The molecular formula is C5H11NO3S. The summed E-state index contributed by atoms with van der Waals surface area (Å²) in [5.41, 5.74) is 4.61. The summed E-state index contributed by atoms with van der Waals surface area (Å²) in [6, 6.07) is 0. The second-order valence-corrected chi connectivity index (χ2v) is 5.14. The summed E-state index contributed by atoms with van der Waals surface area (Å²) < 4.78 is 21.6. The Kier molecular flexibility index (Phi) is 1.54. The standard InChI is InChI=1S/C5H11NO3S/c1-10(8,9)4-2-5(4,6)3-7/h4,7H,2-3,6H2,1H3/t4-,5+/m1/s1. The summed E-state index contributed by atoms with van der Waals surface area (Å²) in [4.78, 5) is 0. The van der Waals surface area contributed by atoms with Crippen molar-refractivity contribution in [2.75, 3.05) is 12.9 Å². The lowest BCUT2D eigenvalue weighted by Crippen LogP contribution is -2.33. The second kappa shape index (κ2) is 1.93. The van der Waals surface area contributed by atoms with Crippen molar-refractivity contribution in [1.82, 2.24) is 0 Å². The highest BCUT2D eigenvalue weighted by atomic mass is 32.2. The fraction of sp³-hybridized carbons (Fsp3) is 1.00. The van der Waals surface area contributed by atoms with Gasteiger partial charge in [-0.25, -0.2) is 8.42 Å². The molecule has 1 aliphatic carbocycles. The van der Waals surface area contributed by atoms with Crippen LogP contribution >= 0.6 is 0 Å². The molecule has 5 heteroatoms. The molecule has 0 amide bonds. The van der Waals surface area contributed by atoms with E-state index in [9.17, 15) is 8.42 Å². The second-order valence-electron chi connectivity index (χ2n) is 2.91. The van der Waals surface area contributed by atoms with E-state index in [1.807, 2.05) is 0 Å². The molecule has 1 fully saturated rings. The van der Waals surface area contributed by atoms with Gasteiger partial charge in [0.25, 0.3) is 0 Å². The summed E-state index contributed by atoms with van der Waals surface area (Å²) in [6.45, 7) is -0.245. The zero-order chi connectivity index (χ0) is 7.99. The van der Waals surface area contributed by atoms with E-state index in [-0.39, 0.29) is 6.61 Å². The van der Waals surface area contributed by atoms with Gasteiger partial charge in [-0.15, -0.1) is 0 Å². The molecule has 0 radical (unpaired) electrons. The Labute approximate surface area is 60.0 Å². The Morgan fingerprint density at radius 3 is 2.40 bits per heavy atom. The molecule has 3 N–H and O–H groups in total. The summed E-state index contributed by atoms with van der Waals surface area (Å²) in [5.74, 6) is 0. The third-order valence-electron chi connectivity index (χ3n) is 1.86. The zero-order valence-corrected chi connectivity index (χ0v) is 6.56. The monoisotopic (exact) mass is 165 g/mol. The van der Waals surface area contributed by atoms with Crippen LogP contribution < -0.4 is 5.73 Å². The molecule has 2 atom stereocenters. The number of hydrogen-bond donors (Lipinski definition) is 2. The van der Waals surface area contributed by atoms with Crippen LogP contribution in [0.15, 0.2) is 0 Å². The first-order valence-electron chi connectivity index (χ1n) is 2.99. The van der Waals surface area contributed by atoms with Crippen molar-refractivity contribution in [3.05, 3.63) is 0 Å². The number of aliphatic hydroxyl groups is 1. The lowest BCUT2D eigenvalue weighted by atomic mass is 10.3. The molecule has 0 aromatic carbocycles. The number of hydrogen-bond acceptors (Lipinski definition) is 4. The maximum Gasteiger partial charge on any atom is 0.152 e. The van der Waals surface area contributed by atoms with E-state index in [0.29, 0.717) is 6.42 Å². The highest BCUT2D eigenvalue weighted by molar-refractivity contribution is 7.91. The molecule has 0 aliphatic heterocycles. The van der Waals surface area contributed by atoms with Crippen molar-refractivity contribution in [3.8, 4) is 0 Å². The minimum absolute atomic E-state index is 0.245. The predicted octanol–water partition coefficient (Wildman–Crippen LogP) is -1.51. The van der Waals surface area contributed by atoms with Crippen LogP contribution in [0.1, 0.15) is 6.42 Å². The largest absolute Gasteiger partial charge is 0.394 e. The molecule has 0 heterocycles. The van der Waals surface area contributed by atoms with E-state index in [4.69, 9.17) is 10.8 Å². The minimum atomic E-state index is -3.03. The van der Waals surface area contributed by atoms with Crippen LogP contribution in [0.4, 0.5) is 0 Å². The normalized spacial score (nSPS) is 39.7. The van der Waals surface area contributed by atoms with E-state index in [2.05, 4.69) is 0 Å². The SMILES string of the molecule is CS(=O)(=O)[C@@H]1C[C@]1(N)CO. The van der Waals surface area contributed by atoms with Crippen LogP contribution in [0.25, 0.3) is 0 Å². The number of nitrogens with two attached hydrogens (primary N) is 1. The van der Waals surface area contributed by atoms with Gasteiger partial charge in [-0.05, 0) is 6.42 Å². The minimum Gasteiger partial charge on any atom is -0.394 e. The maximum absolute atomic E-state index is 10.8. The Bertz CT molecular complexity index is 235. The Morgan fingerprint density at radius 1 is 1.80 bits per heavy atom. The molecule has 0 aromatic rings. The van der Waals surface area contributed by atoms with Gasteiger partial charge in [0.05, 0.1) is 17.4 Å². The summed E-state index contributed by atoms with van der Waals surface area (Å²) in [7, 11) is -3.03. The van der Waals surface area contributed by atoms with Gasteiger partial charge in [-0.2, -0.15) is 0 Å². The molecule has 0 saturated heterocycles. The van der Waals surface area contributed by atoms with E-state index in [1.165, 1.54) is 0 Å². The van der Waals surface area contributed by atoms with Crippen LogP contribution in [0.5, 0.6) is 0 Å². The number of sulfone groups is 1. The van der Waals surface area contributed by atoms with Crippen molar-refractivity contribution in [2.24, 2.45) is 5.73 Å². The molecular weight excluding hydrogens is 154 g/mol. The summed E-state index contributed by atoms with van der Waals surface area (Å²) in [5, 5.41) is 8.09. The lowest BCUT2D eigenvalue weighted by Gasteiger charge is -2.03. The molecule has 60 valence electrons. The third-order valence-corrected chi connectivity index (χ3v) is 3.53. The fourth-order valence-electron chi connectivity index (χ4n) is 1.03. The van der Waals surface area contributed by atoms with Crippen molar-refractivity contribution >= 4 is 9.84 Å². The van der Waals surface area contributed by atoms with Crippen molar-refractivity contribution in [1.29, 1.82) is 0 Å². The molecule has 10 heavy (non-hydrogen) atoms. The van der Waals surface area contributed by atoms with Crippen LogP contribution in [0.2, 0.25) is 0 Å². The Balaban J connectivity index is 2.71. The molecule has 4 nitrogen and oxygen atoms in total. The van der Waals surface area contributed by atoms with Crippen molar-refractivity contribution in [2.45, 2.75) is 17.2 Å². The average Bonchev–Trinajstić information content (AvgIpc) is 2.43. The van der Waals surface area contributed by atoms with Gasteiger partial charge in [-0.1, -0.05) is 0 Å². The first-order valence-corrected chi connectivity index (χ1v) is 4.94. The maximum atomic E-state index is 10.8. The zero-order valence-electron chi connectivity index (χ0n) is 5.74. The quantitative estimate of drug-likeness (QED) is 0.521. The number of rotatable bonds is 2. The van der Waals surface area contributed by atoms with Crippen LogP contribution in [0, 0.1) is 0 Å². The van der Waals surface area contributed by atoms with Gasteiger partial charge in [0.15, 0.2) is 9.84 Å². The van der Waals surface area contributed by atoms with Gasteiger partial charge < -0.3 is 10.8 Å². The van der Waals surface area contributed by atoms with Crippen molar-refractivity contribution < 1.29 is 13.5 Å². The topological polar surface area (TPSA) is 80.4 Å². The van der Waals surface area contributed by atoms with E-state index in [0.717, 1.165) is 6.26 Å². The van der Waals surface area contributed by atoms with Gasteiger partial charge in [0.2, 0.25) is 0 Å². The van der Waals surface area contributed by atoms with Gasteiger partial charge in [0.1, 0.15) is 0 Å². The molecule has 1 rings (SSSR count). The molecule has 1 saturated carbocycles. The molecule has 0 unspecified atom stereocenters. The molecule has 1 aliphatic rings. The van der Waals surface area contributed by atoms with Gasteiger partial charge in [0, 0.05) is 6.26 Å². The lowest BCUT2D eigenvalue weighted by molar-refractivity contribution is 0.257. The first kappa shape index (κ1) is 7.97. The first-order chi connectivity index (χ1) is 4.40. The average molecular weight is 165 g/mol. The smallest absolute Gasteiger partial charge is 0.152 e. The predicted molar refractivity (Wildman–Crippen MR) is 37.3 cm³/mol. The van der Waals surface area contributed by atoms with Crippen LogP contribution in [-0.2, 0) is 9.84 Å². The van der Waals surface area contributed by atoms with Crippen LogP contribution in [-0.4, -0.2) is 37.2 Å². The highest BCUT2D eigenvalue weighted by Crippen LogP contribution is 2.38. The Hall–Kier alpha value is -0.130. The van der Waals surface area contributed by atoms with E-state index >= 15 is 0 Å². The van der Waals surface area contributed by atoms with E-state index < -0.39 is 20.6 Å². The van der Waals surface area contributed by atoms with Crippen LogP contribution in [0.3, 0.4) is 0 Å². The number of aliphatic hydroxyl groups excluding tert-OH is 1. The van der Waals surface area contributed by atoms with Crippen molar-refractivity contribution in [3.63, 3.8) is 0 Å². The molecule has 0 bridgehead atoms. The van der Waals surface area contributed by atoms with Gasteiger partial charge in [-0.3, -0.25) is 0 Å². The highest BCUT2D eigenvalue weighted by Gasteiger charge is 2.56. The molecule has 0 aromatic heterocycles. The summed E-state index contributed by atoms with van der Waals surface area (Å²) >= 11 is 0. The van der Waals surface area contributed by atoms with E-state index in [1.54, 1.807) is 0 Å². The Morgan fingerprint density at radius 2 is 2.30 bits per heavy atom. The van der Waals surface area contributed by atoms with Gasteiger partial charge >= 0.3 is 0 Å².